The van der Waals surface area contributed by atoms with Gasteiger partial charge < -0.3 is 14.6 Å². The number of hydrogen-bond donors (Lipinski definition) is 1. The van der Waals surface area contributed by atoms with Crippen LogP contribution in [0.1, 0.15) is 251 Å². The fourth-order valence-electron chi connectivity index (χ4n) is 7.33. The van der Waals surface area contributed by atoms with Gasteiger partial charge in [0.05, 0.1) is 6.61 Å². The van der Waals surface area contributed by atoms with Crippen molar-refractivity contribution in [3.8, 4) is 0 Å². The molecule has 0 saturated heterocycles. The van der Waals surface area contributed by atoms with Crippen molar-refractivity contribution in [3.63, 3.8) is 0 Å². The minimum atomic E-state index is -0.778. The molecule has 0 aliphatic heterocycles. The second kappa shape index (κ2) is 51.7. The largest absolute Gasteiger partial charge is 0.462 e. The normalized spacial score (nSPS) is 12.8. The number of ether oxygens (including phenoxy) is 2. The topological polar surface area (TPSA) is 72.8 Å². The van der Waals surface area contributed by atoms with E-state index in [-0.39, 0.29) is 25.2 Å². The number of allylic oxidation sites excluding steroid dienone is 12. The van der Waals surface area contributed by atoms with Crippen molar-refractivity contribution < 1.29 is 24.2 Å². The molecule has 0 bridgehead atoms. The molecule has 352 valence electrons. The van der Waals surface area contributed by atoms with Crippen molar-refractivity contribution in [1.82, 2.24) is 0 Å². The lowest BCUT2D eigenvalue weighted by Gasteiger charge is -2.15. The van der Waals surface area contributed by atoms with Gasteiger partial charge in [-0.05, 0) is 77.0 Å². The molecule has 5 nitrogen and oxygen atoms in total. The van der Waals surface area contributed by atoms with Crippen LogP contribution in [0.15, 0.2) is 72.9 Å². The third-order valence-electron chi connectivity index (χ3n) is 11.2. The van der Waals surface area contributed by atoms with E-state index >= 15 is 0 Å². The number of esters is 2. The average molecular weight is 851 g/mol. The quantitative estimate of drug-likeness (QED) is 0.0375. The average Bonchev–Trinajstić information content (AvgIpc) is 3.26. The Kier molecular flexibility index (Phi) is 49.4. The summed E-state index contributed by atoms with van der Waals surface area (Å²) in [7, 11) is 0. The zero-order valence-electron chi connectivity index (χ0n) is 40.2. The molecule has 1 atom stereocenters. The predicted molar refractivity (Wildman–Crippen MR) is 265 cm³/mol. The summed E-state index contributed by atoms with van der Waals surface area (Å²) in [5, 5.41) is 9.61. The van der Waals surface area contributed by atoms with Crippen molar-refractivity contribution in [2.75, 3.05) is 13.2 Å². The zero-order chi connectivity index (χ0) is 44.2. The number of carbonyl (C=O) groups excluding carboxylic acids is 2. The molecule has 0 amide bonds. The standard InChI is InChI=1S/C56H98O5/c1-3-5-7-9-11-13-15-17-19-20-21-22-23-24-25-26-27-28-29-30-31-32-33-34-35-36-37-39-41-43-45-47-49-51-56(59)61-54(52-57)53-60-55(58)50-48-46-44-42-40-38-18-16-14-12-10-8-6-4-2/h5,7,10-13,16-19,21-22,54,57H,3-4,6,8-9,14-15,20,23-53H2,1-2H3/b7-5-,12-10-,13-11-,18-16-,19-17-,22-21-. The van der Waals surface area contributed by atoms with Crippen LogP contribution in [0.25, 0.3) is 0 Å². The molecular formula is C56H98O5. The Morgan fingerprint density at radius 3 is 1.07 bits per heavy atom. The van der Waals surface area contributed by atoms with Crippen LogP contribution < -0.4 is 0 Å². The summed E-state index contributed by atoms with van der Waals surface area (Å²) in [6.07, 6.45) is 70.1. The first kappa shape index (κ1) is 58.3. The van der Waals surface area contributed by atoms with Gasteiger partial charge in [0.25, 0.3) is 0 Å². The molecule has 0 aromatic heterocycles. The minimum absolute atomic E-state index is 0.0726. The van der Waals surface area contributed by atoms with Gasteiger partial charge in [0.1, 0.15) is 6.61 Å². The SMILES string of the molecule is CC/C=C\C/C=C\C/C=C\C/C=C\CCCCCCCCCCCCCCCCCCCCCCC(=O)OC(CO)COC(=O)CCCCCCC/C=C\C/C=C\CCCC. The van der Waals surface area contributed by atoms with Crippen LogP contribution >= 0.6 is 0 Å². The minimum Gasteiger partial charge on any atom is -0.462 e. The smallest absolute Gasteiger partial charge is 0.306 e. The number of aliphatic hydroxyl groups is 1. The lowest BCUT2D eigenvalue weighted by atomic mass is 10.0. The Morgan fingerprint density at radius 1 is 0.393 bits per heavy atom. The van der Waals surface area contributed by atoms with Crippen LogP contribution in [0.5, 0.6) is 0 Å². The molecule has 0 rings (SSSR count). The number of hydrogen-bond acceptors (Lipinski definition) is 5. The Balaban J connectivity index is 3.44. The summed E-state index contributed by atoms with van der Waals surface area (Å²) in [6.45, 7) is 3.99. The maximum Gasteiger partial charge on any atom is 0.306 e. The van der Waals surface area contributed by atoms with Gasteiger partial charge in [0.2, 0.25) is 0 Å². The fraction of sp³-hybridized carbons (Fsp3) is 0.750. The van der Waals surface area contributed by atoms with Crippen LogP contribution in [-0.4, -0.2) is 36.4 Å². The van der Waals surface area contributed by atoms with E-state index in [1.165, 1.54) is 148 Å². The van der Waals surface area contributed by atoms with Crippen molar-refractivity contribution >= 4 is 11.9 Å². The van der Waals surface area contributed by atoms with E-state index in [0.717, 1.165) is 77.0 Å². The van der Waals surface area contributed by atoms with Crippen LogP contribution in [-0.2, 0) is 19.1 Å². The summed E-state index contributed by atoms with van der Waals surface area (Å²) in [4.78, 5) is 24.4. The van der Waals surface area contributed by atoms with E-state index in [0.29, 0.717) is 12.8 Å². The molecule has 5 heteroatoms. The third-order valence-corrected chi connectivity index (χ3v) is 11.2. The molecule has 0 aliphatic carbocycles. The first-order valence-corrected chi connectivity index (χ1v) is 26.0. The fourth-order valence-corrected chi connectivity index (χ4v) is 7.33. The monoisotopic (exact) mass is 851 g/mol. The van der Waals surface area contributed by atoms with Gasteiger partial charge in [-0.3, -0.25) is 9.59 Å². The molecule has 0 aliphatic rings. The van der Waals surface area contributed by atoms with Crippen molar-refractivity contribution in [2.24, 2.45) is 0 Å². The maximum atomic E-state index is 12.3. The second-order valence-electron chi connectivity index (χ2n) is 17.2. The van der Waals surface area contributed by atoms with E-state index in [1.54, 1.807) is 0 Å². The van der Waals surface area contributed by atoms with Crippen LogP contribution in [0.3, 0.4) is 0 Å². The van der Waals surface area contributed by atoms with E-state index in [4.69, 9.17) is 9.47 Å². The Bertz CT molecular complexity index is 1100. The van der Waals surface area contributed by atoms with Gasteiger partial charge in [-0.2, -0.15) is 0 Å². The highest BCUT2D eigenvalue weighted by molar-refractivity contribution is 5.70. The van der Waals surface area contributed by atoms with Crippen molar-refractivity contribution in [3.05, 3.63) is 72.9 Å². The molecule has 0 radical (unpaired) electrons. The summed E-state index contributed by atoms with van der Waals surface area (Å²) >= 11 is 0. The highest BCUT2D eigenvalue weighted by Gasteiger charge is 2.16. The summed E-state index contributed by atoms with van der Waals surface area (Å²) < 4.78 is 10.7. The molecule has 0 fully saturated rings. The van der Waals surface area contributed by atoms with Gasteiger partial charge in [-0.15, -0.1) is 0 Å². The van der Waals surface area contributed by atoms with Gasteiger partial charge in [0, 0.05) is 12.8 Å². The molecule has 61 heavy (non-hydrogen) atoms. The number of rotatable bonds is 47. The lowest BCUT2D eigenvalue weighted by molar-refractivity contribution is -0.161. The highest BCUT2D eigenvalue weighted by Crippen LogP contribution is 2.16. The summed E-state index contributed by atoms with van der Waals surface area (Å²) in [6, 6.07) is 0. The molecule has 0 saturated carbocycles. The lowest BCUT2D eigenvalue weighted by Crippen LogP contribution is -2.28. The highest BCUT2D eigenvalue weighted by atomic mass is 16.6. The second-order valence-corrected chi connectivity index (χ2v) is 17.2. The number of aliphatic hydroxyl groups excluding tert-OH is 1. The van der Waals surface area contributed by atoms with E-state index < -0.39 is 6.10 Å². The van der Waals surface area contributed by atoms with E-state index in [2.05, 4.69) is 86.8 Å². The molecule has 1 N–H and O–H groups in total. The molecular weight excluding hydrogens is 753 g/mol. The van der Waals surface area contributed by atoms with E-state index in [1.807, 2.05) is 0 Å². The maximum absolute atomic E-state index is 12.3. The molecule has 0 aromatic carbocycles. The van der Waals surface area contributed by atoms with Crippen LogP contribution in [0.4, 0.5) is 0 Å². The third kappa shape index (κ3) is 49.9. The molecule has 0 aromatic rings. The van der Waals surface area contributed by atoms with Gasteiger partial charge in [-0.25, -0.2) is 0 Å². The Labute approximate surface area is 378 Å². The molecule has 0 heterocycles. The van der Waals surface area contributed by atoms with Crippen molar-refractivity contribution in [1.29, 1.82) is 0 Å². The Morgan fingerprint density at radius 2 is 0.705 bits per heavy atom. The first-order chi connectivity index (χ1) is 30.1. The van der Waals surface area contributed by atoms with Gasteiger partial charge >= 0.3 is 11.9 Å². The van der Waals surface area contributed by atoms with Gasteiger partial charge in [0.15, 0.2) is 6.10 Å². The first-order valence-electron chi connectivity index (χ1n) is 26.0. The summed E-state index contributed by atoms with van der Waals surface area (Å²) in [5.74, 6) is -0.601. The molecule has 1 unspecified atom stereocenters. The molecule has 0 spiro atoms. The van der Waals surface area contributed by atoms with Gasteiger partial charge in [-0.1, -0.05) is 234 Å². The van der Waals surface area contributed by atoms with Crippen molar-refractivity contribution in [2.45, 2.75) is 258 Å². The summed E-state index contributed by atoms with van der Waals surface area (Å²) in [5.41, 5.74) is 0. The van der Waals surface area contributed by atoms with E-state index in [9.17, 15) is 14.7 Å². The van der Waals surface area contributed by atoms with Crippen LogP contribution in [0.2, 0.25) is 0 Å². The number of carbonyl (C=O) groups is 2. The predicted octanol–water partition coefficient (Wildman–Crippen LogP) is 17.2. The van der Waals surface area contributed by atoms with Crippen LogP contribution in [0, 0.1) is 0 Å². The Hall–Kier alpha value is -2.66. The zero-order valence-corrected chi connectivity index (χ0v) is 40.2. The number of unbranched alkanes of at least 4 members (excludes halogenated alkanes) is 27.